The maximum absolute atomic E-state index is 14.9. The van der Waals surface area contributed by atoms with Crippen molar-refractivity contribution in [1.29, 1.82) is 0 Å². The summed E-state index contributed by atoms with van der Waals surface area (Å²) in [5, 5.41) is 0.484. The summed E-state index contributed by atoms with van der Waals surface area (Å²) in [7, 11) is -3.90. The van der Waals surface area contributed by atoms with Crippen LogP contribution in [0, 0.1) is 0 Å². The lowest BCUT2D eigenvalue weighted by Gasteiger charge is -2.28. The first-order valence-corrected chi connectivity index (χ1v) is 12.4. The Morgan fingerprint density at radius 2 is 1.30 bits per heavy atom. The number of nitrogens with zero attached hydrogens (tertiary/aromatic N) is 2. The van der Waals surface area contributed by atoms with Gasteiger partial charge in [0.1, 0.15) is 5.75 Å². The molecule has 2 unspecified atom stereocenters. The van der Waals surface area contributed by atoms with Gasteiger partial charge in [0.25, 0.3) is 0 Å². The average Bonchev–Trinajstić information content (AvgIpc) is 3.07. The van der Waals surface area contributed by atoms with Crippen LogP contribution in [0.2, 0.25) is 5.02 Å². The number of benzene rings is 4. The van der Waals surface area contributed by atoms with Gasteiger partial charge < -0.3 is 4.52 Å². The van der Waals surface area contributed by atoms with Crippen LogP contribution >= 0.6 is 19.1 Å². The van der Waals surface area contributed by atoms with Crippen LogP contribution in [0.3, 0.4) is 0 Å². The number of halogens is 1. The Labute approximate surface area is 197 Å². The standard InChI is InChI=1S/C26H20ClN2O3P/c27-21-12-10-11-20(19-21)25-28(22-13-4-1-5-14-22)26(30)29(23-15-6-2-7-16-23)33(25,31)32-24-17-8-3-9-18-24/h1-19,25H. The molecule has 5 rings (SSSR count). The molecule has 1 heterocycles. The predicted molar refractivity (Wildman–Crippen MR) is 132 cm³/mol. The summed E-state index contributed by atoms with van der Waals surface area (Å²) < 4.78 is 22.5. The van der Waals surface area contributed by atoms with Crippen LogP contribution in [-0.2, 0) is 4.57 Å². The molecule has 0 spiro atoms. The number of para-hydroxylation sites is 3. The van der Waals surface area contributed by atoms with Gasteiger partial charge in [0, 0.05) is 10.7 Å². The van der Waals surface area contributed by atoms with Crippen LogP contribution in [0.4, 0.5) is 16.2 Å². The van der Waals surface area contributed by atoms with Crippen molar-refractivity contribution in [3.63, 3.8) is 0 Å². The lowest BCUT2D eigenvalue weighted by atomic mass is 10.2. The maximum Gasteiger partial charge on any atom is 0.378 e. The van der Waals surface area contributed by atoms with Crippen molar-refractivity contribution in [2.24, 2.45) is 0 Å². The minimum Gasteiger partial charge on any atom is -0.427 e. The van der Waals surface area contributed by atoms with Crippen molar-refractivity contribution in [2.75, 3.05) is 9.57 Å². The summed E-state index contributed by atoms with van der Waals surface area (Å²) in [5.41, 5.74) is 1.73. The van der Waals surface area contributed by atoms with Gasteiger partial charge in [-0.2, -0.15) is 0 Å². The van der Waals surface area contributed by atoms with E-state index in [1.54, 1.807) is 66.7 Å². The molecule has 7 heteroatoms. The number of carbonyl (C=O) groups excluding carboxylic acids is 1. The van der Waals surface area contributed by atoms with E-state index in [9.17, 15) is 9.36 Å². The van der Waals surface area contributed by atoms with Crippen molar-refractivity contribution in [3.05, 3.63) is 126 Å². The molecule has 0 saturated carbocycles. The normalized spacial score (nSPS) is 20.2. The molecule has 0 aromatic heterocycles. The van der Waals surface area contributed by atoms with Gasteiger partial charge >= 0.3 is 13.6 Å². The third kappa shape index (κ3) is 3.91. The Morgan fingerprint density at radius 1 is 0.727 bits per heavy atom. The highest BCUT2D eigenvalue weighted by Crippen LogP contribution is 2.69. The minimum absolute atomic E-state index is 0.413. The number of hydrogen-bond acceptors (Lipinski definition) is 3. The summed E-state index contributed by atoms with van der Waals surface area (Å²) in [4.78, 5) is 15.5. The third-order valence-electron chi connectivity index (χ3n) is 5.38. The highest BCUT2D eigenvalue weighted by molar-refractivity contribution is 7.63. The smallest absolute Gasteiger partial charge is 0.378 e. The zero-order valence-electron chi connectivity index (χ0n) is 17.5. The lowest BCUT2D eigenvalue weighted by molar-refractivity contribution is 0.255. The van der Waals surface area contributed by atoms with Crippen LogP contribution in [0.1, 0.15) is 11.3 Å². The Balaban J connectivity index is 1.76. The fourth-order valence-corrected chi connectivity index (χ4v) is 6.86. The molecule has 1 aliphatic rings. The van der Waals surface area contributed by atoms with Gasteiger partial charge in [0.05, 0.1) is 5.69 Å². The fraction of sp³-hybridized carbons (Fsp3) is 0.0385. The summed E-state index contributed by atoms with van der Waals surface area (Å²) in [6.45, 7) is 0. The van der Waals surface area contributed by atoms with Crippen LogP contribution in [0.25, 0.3) is 0 Å². The highest BCUT2D eigenvalue weighted by atomic mass is 35.5. The van der Waals surface area contributed by atoms with E-state index in [0.717, 1.165) is 0 Å². The zero-order valence-corrected chi connectivity index (χ0v) is 19.1. The molecule has 4 aromatic carbocycles. The first-order valence-electron chi connectivity index (χ1n) is 10.4. The maximum atomic E-state index is 14.9. The lowest BCUT2D eigenvalue weighted by Crippen LogP contribution is -2.32. The number of hydrogen-bond donors (Lipinski definition) is 0. The molecule has 164 valence electrons. The highest BCUT2D eigenvalue weighted by Gasteiger charge is 2.59. The van der Waals surface area contributed by atoms with Gasteiger partial charge in [-0.1, -0.05) is 78.3 Å². The molecular weight excluding hydrogens is 455 g/mol. The Bertz CT molecular complexity index is 1320. The van der Waals surface area contributed by atoms with Crippen molar-refractivity contribution < 1.29 is 13.9 Å². The van der Waals surface area contributed by atoms with Gasteiger partial charge in [-0.15, -0.1) is 0 Å². The van der Waals surface area contributed by atoms with Gasteiger partial charge in [-0.25, -0.2) is 9.46 Å². The second-order valence-electron chi connectivity index (χ2n) is 7.53. The van der Waals surface area contributed by atoms with Gasteiger partial charge in [-0.3, -0.25) is 9.46 Å². The van der Waals surface area contributed by atoms with Crippen LogP contribution in [0.15, 0.2) is 115 Å². The number of anilines is 2. The van der Waals surface area contributed by atoms with Crippen LogP contribution < -0.4 is 14.1 Å². The van der Waals surface area contributed by atoms with Crippen molar-refractivity contribution in [2.45, 2.75) is 5.78 Å². The van der Waals surface area contributed by atoms with Gasteiger partial charge in [0.15, 0.2) is 5.78 Å². The van der Waals surface area contributed by atoms with Gasteiger partial charge in [-0.05, 0) is 54.1 Å². The van der Waals surface area contributed by atoms with Crippen molar-refractivity contribution in [3.8, 4) is 5.75 Å². The Morgan fingerprint density at radius 3 is 1.91 bits per heavy atom. The number of amides is 2. The molecule has 1 aliphatic heterocycles. The molecule has 2 atom stereocenters. The number of urea groups is 1. The second-order valence-corrected chi connectivity index (χ2v) is 10.2. The molecule has 1 saturated heterocycles. The second kappa shape index (κ2) is 8.78. The fourth-order valence-electron chi connectivity index (χ4n) is 3.99. The summed E-state index contributed by atoms with van der Waals surface area (Å²) in [6.07, 6.45) is 0. The van der Waals surface area contributed by atoms with E-state index in [1.807, 2.05) is 48.5 Å². The first kappa shape index (κ1) is 21.3. The van der Waals surface area contributed by atoms with Crippen molar-refractivity contribution >= 4 is 36.5 Å². The van der Waals surface area contributed by atoms with Crippen molar-refractivity contribution in [1.82, 2.24) is 0 Å². The quantitative estimate of drug-likeness (QED) is 0.278. The zero-order chi connectivity index (χ0) is 22.8. The predicted octanol–water partition coefficient (Wildman–Crippen LogP) is 7.76. The monoisotopic (exact) mass is 474 g/mol. The van der Waals surface area contributed by atoms with E-state index in [4.69, 9.17) is 16.1 Å². The average molecular weight is 475 g/mol. The van der Waals surface area contributed by atoms with E-state index < -0.39 is 19.3 Å². The largest absolute Gasteiger partial charge is 0.427 e. The topological polar surface area (TPSA) is 49.9 Å². The van der Waals surface area contributed by atoms with Gasteiger partial charge in [0.2, 0.25) is 0 Å². The Hall–Kier alpha value is -3.53. The molecule has 5 nitrogen and oxygen atoms in total. The molecule has 4 aromatic rings. The van der Waals surface area contributed by atoms with E-state index >= 15 is 0 Å². The van der Waals surface area contributed by atoms with E-state index in [2.05, 4.69) is 0 Å². The third-order valence-corrected chi connectivity index (χ3v) is 8.20. The first-order chi connectivity index (χ1) is 16.1. The Kier molecular flexibility index (Phi) is 5.67. The van der Waals surface area contributed by atoms with E-state index in [-0.39, 0.29) is 0 Å². The van der Waals surface area contributed by atoms with Crippen LogP contribution in [-0.4, -0.2) is 6.03 Å². The van der Waals surface area contributed by atoms with Crippen LogP contribution in [0.5, 0.6) is 5.75 Å². The molecule has 0 N–H and O–H groups in total. The SMILES string of the molecule is O=C1N(c2ccccc2)C(c2cccc(Cl)c2)P(=O)(Oc2ccccc2)N1c1ccccc1. The van der Waals surface area contributed by atoms with E-state index in [1.165, 1.54) is 9.57 Å². The summed E-state index contributed by atoms with van der Waals surface area (Å²) in [5.74, 6) is -0.497. The minimum atomic E-state index is -3.90. The molecule has 1 fully saturated rings. The summed E-state index contributed by atoms with van der Waals surface area (Å²) in [6, 6.07) is 33.7. The molecular formula is C26H20ClN2O3P. The molecule has 33 heavy (non-hydrogen) atoms. The molecule has 0 bridgehead atoms. The summed E-state index contributed by atoms with van der Waals surface area (Å²) >= 11 is 6.31. The molecule has 0 aliphatic carbocycles. The molecule has 2 amide bonds. The van der Waals surface area contributed by atoms with E-state index in [0.29, 0.717) is 27.7 Å². The molecule has 0 radical (unpaired) electrons. The number of carbonyl (C=O) groups is 1. The number of rotatable bonds is 5.